The van der Waals surface area contributed by atoms with Crippen molar-refractivity contribution in [2.24, 2.45) is 5.73 Å². The summed E-state index contributed by atoms with van der Waals surface area (Å²) in [5, 5.41) is 2.15. The summed E-state index contributed by atoms with van der Waals surface area (Å²) in [7, 11) is -3.55. The summed E-state index contributed by atoms with van der Waals surface area (Å²) < 4.78 is 60.7. The lowest BCUT2D eigenvalue weighted by atomic mass is 10.1. The number of nitrogens with one attached hydrogen (secondary N) is 1. The summed E-state index contributed by atoms with van der Waals surface area (Å²) in [6.07, 6.45) is -4.58. The van der Waals surface area contributed by atoms with Crippen LogP contribution in [-0.4, -0.2) is 25.8 Å². The Morgan fingerprint density at radius 1 is 1.27 bits per heavy atom. The third kappa shape index (κ3) is 6.20. The molecule has 0 radical (unpaired) electrons. The molecule has 0 aromatic heterocycles. The maximum atomic E-state index is 12.7. The van der Waals surface area contributed by atoms with E-state index in [4.69, 9.17) is 5.73 Å². The van der Waals surface area contributed by atoms with Gasteiger partial charge in [-0.1, -0.05) is 6.92 Å². The Hall–Kier alpha value is -1.32. The smallest absolute Gasteiger partial charge is 0.326 e. The predicted octanol–water partition coefficient (Wildman–Crippen LogP) is 1.96. The van der Waals surface area contributed by atoms with E-state index < -0.39 is 33.2 Å². The zero-order valence-corrected chi connectivity index (χ0v) is 13.2. The Kier molecular flexibility index (Phi) is 7.33. The van der Waals surface area contributed by atoms with E-state index in [0.29, 0.717) is 0 Å². The van der Waals surface area contributed by atoms with Crippen LogP contribution in [0.4, 0.5) is 18.9 Å². The predicted molar refractivity (Wildman–Crippen MR) is 79.5 cm³/mol. The lowest BCUT2D eigenvalue weighted by Gasteiger charge is -2.12. The summed E-state index contributed by atoms with van der Waals surface area (Å²) in [6.45, 7) is 1.24. The van der Waals surface area contributed by atoms with Crippen LogP contribution in [0.3, 0.4) is 0 Å². The number of hydrogen-bond donors (Lipinski definition) is 2. The molecule has 10 heteroatoms. The molecule has 1 amide bonds. The Bertz CT molecular complexity index is 633. The van der Waals surface area contributed by atoms with E-state index in [1.807, 2.05) is 0 Å². The van der Waals surface area contributed by atoms with Crippen LogP contribution < -0.4 is 11.1 Å². The number of rotatable bonds is 5. The van der Waals surface area contributed by atoms with Crippen LogP contribution in [0.2, 0.25) is 0 Å². The van der Waals surface area contributed by atoms with Gasteiger partial charge in [0.2, 0.25) is 5.91 Å². The summed E-state index contributed by atoms with van der Waals surface area (Å²) in [4.78, 5) is 11.5. The fraction of sp³-hybridized carbons (Fsp3) is 0.417. The number of sulfone groups is 1. The minimum absolute atomic E-state index is 0. The molecule has 0 saturated carbocycles. The van der Waals surface area contributed by atoms with Crippen molar-refractivity contribution in [2.75, 3.05) is 16.8 Å². The zero-order valence-electron chi connectivity index (χ0n) is 11.6. The van der Waals surface area contributed by atoms with Gasteiger partial charge < -0.3 is 11.1 Å². The van der Waals surface area contributed by atoms with Crippen LogP contribution in [0.1, 0.15) is 18.1 Å². The van der Waals surface area contributed by atoms with Crippen molar-refractivity contribution in [3.05, 3.63) is 29.3 Å². The van der Waals surface area contributed by atoms with E-state index in [2.05, 4.69) is 5.32 Å². The van der Waals surface area contributed by atoms with Crippen molar-refractivity contribution in [3.63, 3.8) is 0 Å². The Morgan fingerprint density at radius 2 is 1.86 bits per heavy atom. The third-order valence-electron chi connectivity index (χ3n) is 2.63. The highest BCUT2D eigenvalue weighted by molar-refractivity contribution is 7.92. The number of hydrogen-bond acceptors (Lipinski definition) is 4. The molecule has 0 unspecified atom stereocenters. The SMILES string of the molecule is CCS(=O)(=O)CC(=O)Nc1cc(CN)cc(C(F)(F)F)c1.Cl. The minimum atomic E-state index is -4.58. The van der Waals surface area contributed by atoms with Gasteiger partial charge in [-0.2, -0.15) is 13.2 Å². The van der Waals surface area contributed by atoms with Gasteiger partial charge in [0.25, 0.3) is 0 Å². The number of halogens is 4. The summed E-state index contributed by atoms with van der Waals surface area (Å²) in [5.41, 5.74) is 4.39. The molecule has 5 nitrogen and oxygen atoms in total. The number of alkyl halides is 3. The van der Waals surface area contributed by atoms with Crippen molar-refractivity contribution < 1.29 is 26.4 Å². The van der Waals surface area contributed by atoms with Gasteiger partial charge in [-0.05, 0) is 23.8 Å². The van der Waals surface area contributed by atoms with Gasteiger partial charge >= 0.3 is 6.18 Å². The first-order chi connectivity index (χ1) is 9.57. The molecule has 0 spiro atoms. The lowest BCUT2D eigenvalue weighted by molar-refractivity contribution is -0.137. The Morgan fingerprint density at radius 3 is 2.32 bits per heavy atom. The Balaban J connectivity index is 0.00000441. The van der Waals surface area contributed by atoms with Crippen LogP contribution in [0, 0.1) is 0 Å². The van der Waals surface area contributed by atoms with E-state index >= 15 is 0 Å². The first-order valence-electron chi connectivity index (χ1n) is 5.99. The average Bonchev–Trinajstić information content (AvgIpc) is 2.36. The van der Waals surface area contributed by atoms with Crippen molar-refractivity contribution in [3.8, 4) is 0 Å². The molecule has 0 aliphatic rings. The Labute approximate surface area is 132 Å². The molecule has 0 heterocycles. The molecule has 1 aromatic rings. The third-order valence-corrected chi connectivity index (χ3v) is 4.21. The monoisotopic (exact) mass is 360 g/mol. The quantitative estimate of drug-likeness (QED) is 0.840. The standard InChI is InChI=1S/C12H15F3N2O3S.ClH/c1-2-21(19,20)7-11(18)17-10-4-8(6-16)3-9(5-10)12(13,14)15;/h3-5H,2,6-7,16H2,1H3,(H,17,18);1H. The molecule has 0 aliphatic carbocycles. The molecule has 126 valence electrons. The number of carbonyl (C=O) groups excluding carboxylic acids is 1. The fourth-order valence-corrected chi connectivity index (χ4v) is 2.22. The molecular weight excluding hydrogens is 345 g/mol. The van der Waals surface area contributed by atoms with Gasteiger partial charge in [-0.3, -0.25) is 4.79 Å². The van der Waals surface area contributed by atoms with Gasteiger partial charge in [-0.25, -0.2) is 8.42 Å². The second kappa shape index (κ2) is 7.80. The normalized spacial score (nSPS) is 11.7. The van der Waals surface area contributed by atoms with Gasteiger partial charge in [0, 0.05) is 18.0 Å². The summed E-state index contributed by atoms with van der Waals surface area (Å²) in [6, 6.07) is 2.87. The van der Waals surface area contributed by atoms with E-state index in [-0.39, 0.29) is 36.0 Å². The molecule has 3 N–H and O–H groups in total. The van der Waals surface area contributed by atoms with E-state index in [0.717, 1.165) is 12.1 Å². The van der Waals surface area contributed by atoms with Crippen LogP contribution in [-0.2, 0) is 27.4 Å². The lowest BCUT2D eigenvalue weighted by Crippen LogP contribution is -2.24. The zero-order chi connectivity index (χ0) is 16.3. The van der Waals surface area contributed by atoms with Gasteiger partial charge in [0.15, 0.2) is 9.84 Å². The number of nitrogens with two attached hydrogens (primary N) is 1. The number of benzene rings is 1. The highest BCUT2D eigenvalue weighted by Gasteiger charge is 2.31. The molecule has 22 heavy (non-hydrogen) atoms. The topological polar surface area (TPSA) is 89.3 Å². The summed E-state index contributed by atoms with van der Waals surface area (Å²) >= 11 is 0. The second-order valence-corrected chi connectivity index (χ2v) is 6.70. The molecule has 1 rings (SSSR count). The summed E-state index contributed by atoms with van der Waals surface area (Å²) in [5.74, 6) is -1.89. The van der Waals surface area contributed by atoms with Crippen molar-refractivity contribution >= 4 is 33.8 Å². The first kappa shape index (κ1) is 20.7. The average molecular weight is 361 g/mol. The molecule has 0 aliphatic heterocycles. The van der Waals surface area contributed by atoms with Crippen LogP contribution in [0.25, 0.3) is 0 Å². The van der Waals surface area contributed by atoms with Crippen LogP contribution >= 0.6 is 12.4 Å². The van der Waals surface area contributed by atoms with Crippen molar-refractivity contribution in [1.82, 2.24) is 0 Å². The van der Waals surface area contributed by atoms with Crippen molar-refractivity contribution in [1.29, 1.82) is 0 Å². The van der Waals surface area contributed by atoms with E-state index in [9.17, 15) is 26.4 Å². The fourth-order valence-electron chi connectivity index (χ4n) is 1.54. The van der Waals surface area contributed by atoms with Gasteiger partial charge in [-0.15, -0.1) is 12.4 Å². The molecule has 0 saturated heterocycles. The highest BCUT2D eigenvalue weighted by Crippen LogP contribution is 2.31. The van der Waals surface area contributed by atoms with Crippen LogP contribution in [0.5, 0.6) is 0 Å². The number of carbonyl (C=O) groups is 1. The molecular formula is C12H16ClF3N2O3S. The van der Waals surface area contributed by atoms with E-state index in [1.54, 1.807) is 0 Å². The molecule has 0 fully saturated rings. The second-order valence-electron chi connectivity index (χ2n) is 4.35. The van der Waals surface area contributed by atoms with Gasteiger partial charge in [0.05, 0.1) is 5.56 Å². The van der Waals surface area contributed by atoms with Gasteiger partial charge in [0.1, 0.15) is 5.75 Å². The largest absolute Gasteiger partial charge is 0.416 e. The maximum Gasteiger partial charge on any atom is 0.416 e. The first-order valence-corrected chi connectivity index (χ1v) is 7.81. The molecule has 0 bridgehead atoms. The highest BCUT2D eigenvalue weighted by atomic mass is 35.5. The molecule has 1 aromatic carbocycles. The van der Waals surface area contributed by atoms with E-state index in [1.165, 1.54) is 13.0 Å². The number of amides is 1. The van der Waals surface area contributed by atoms with Crippen LogP contribution in [0.15, 0.2) is 18.2 Å². The van der Waals surface area contributed by atoms with Crippen molar-refractivity contribution in [2.45, 2.75) is 19.6 Å². The maximum absolute atomic E-state index is 12.7. The minimum Gasteiger partial charge on any atom is -0.326 e. The molecule has 0 atom stereocenters. The number of anilines is 1.